The molecule has 0 aromatic carbocycles. The van der Waals surface area contributed by atoms with Gasteiger partial charge in [0.1, 0.15) is 11.6 Å². The number of aliphatic hydroxyl groups excluding tert-OH is 1. The Hall–Kier alpha value is -0.940. The third-order valence-electron chi connectivity index (χ3n) is 4.60. The summed E-state index contributed by atoms with van der Waals surface area (Å²) in [5.41, 5.74) is 0. The van der Waals surface area contributed by atoms with Crippen LogP contribution in [0.1, 0.15) is 50.8 Å². The largest absolute Gasteiger partial charge is 0.396 e. The molecule has 2 atom stereocenters. The molecule has 3 heterocycles. The topological polar surface area (TPSA) is 54.2 Å². The van der Waals surface area contributed by atoms with Crippen LogP contribution in [0.3, 0.4) is 0 Å². The summed E-state index contributed by atoms with van der Waals surface area (Å²) in [6.45, 7) is 6.92. The summed E-state index contributed by atoms with van der Waals surface area (Å²) in [4.78, 5) is 2.54. The second-order valence-electron chi connectivity index (χ2n) is 6.16. The number of aliphatic hydroxyl groups is 1. The lowest BCUT2D eigenvalue weighted by Crippen LogP contribution is -2.32. The average Bonchev–Trinajstić information content (AvgIpc) is 3.03. The van der Waals surface area contributed by atoms with Gasteiger partial charge in [-0.3, -0.25) is 4.90 Å². The van der Waals surface area contributed by atoms with Crippen molar-refractivity contribution in [3.8, 4) is 0 Å². The van der Waals surface area contributed by atoms with E-state index >= 15 is 0 Å². The number of fused-ring (bicyclic) bond motifs is 1. The zero-order valence-electron chi connectivity index (χ0n) is 11.9. The van der Waals surface area contributed by atoms with Crippen LogP contribution in [0.15, 0.2) is 0 Å². The Labute approximate surface area is 114 Å². The van der Waals surface area contributed by atoms with Crippen molar-refractivity contribution in [1.82, 2.24) is 19.7 Å². The second-order valence-corrected chi connectivity index (χ2v) is 6.16. The van der Waals surface area contributed by atoms with Gasteiger partial charge in [-0.15, -0.1) is 10.2 Å². The van der Waals surface area contributed by atoms with Crippen molar-refractivity contribution in [2.75, 3.05) is 13.2 Å². The van der Waals surface area contributed by atoms with Gasteiger partial charge in [-0.2, -0.15) is 0 Å². The first-order chi connectivity index (χ1) is 9.20. The van der Waals surface area contributed by atoms with Crippen LogP contribution in [0.4, 0.5) is 0 Å². The molecule has 106 valence electrons. The Balaban J connectivity index is 1.85. The molecule has 1 N–H and O–H groups in total. The summed E-state index contributed by atoms with van der Waals surface area (Å²) < 4.78 is 2.30. The van der Waals surface area contributed by atoms with E-state index in [9.17, 15) is 5.11 Å². The van der Waals surface area contributed by atoms with E-state index in [0.29, 0.717) is 18.0 Å². The van der Waals surface area contributed by atoms with Crippen LogP contribution >= 0.6 is 0 Å². The van der Waals surface area contributed by atoms with Crippen molar-refractivity contribution in [2.45, 2.75) is 58.2 Å². The molecule has 5 nitrogen and oxygen atoms in total. The van der Waals surface area contributed by atoms with E-state index in [-0.39, 0.29) is 6.61 Å². The van der Waals surface area contributed by atoms with Gasteiger partial charge in [-0.1, -0.05) is 0 Å². The van der Waals surface area contributed by atoms with E-state index in [2.05, 4.69) is 33.5 Å². The summed E-state index contributed by atoms with van der Waals surface area (Å²) >= 11 is 0. The van der Waals surface area contributed by atoms with Crippen LogP contribution in [0.2, 0.25) is 0 Å². The van der Waals surface area contributed by atoms with Gasteiger partial charge in [0.2, 0.25) is 0 Å². The number of likely N-dealkylation sites (tertiary alicyclic amines) is 1. The lowest BCUT2D eigenvalue weighted by molar-refractivity contribution is 0.182. The lowest BCUT2D eigenvalue weighted by atomic mass is 9.98. The summed E-state index contributed by atoms with van der Waals surface area (Å²) in [5.74, 6) is 2.59. The maximum Gasteiger partial charge on any atom is 0.150 e. The molecule has 1 fully saturated rings. The first-order valence-electron chi connectivity index (χ1n) is 7.49. The number of rotatable bonds is 3. The highest BCUT2D eigenvalue weighted by Crippen LogP contribution is 2.34. The molecule has 19 heavy (non-hydrogen) atoms. The second kappa shape index (κ2) is 5.21. The molecule has 0 spiro atoms. The third kappa shape index (κ3) is 2.30. The molecule has 1 aromatic rings. The van der Waals surface area contributed by atoms with Crippen LogP contribution < -0.4 is 0 Å². The predicted octanol–water partition coefficient (Wildman–Crippen LogP) is 1.38. The van der Waals surface area contributed by atoms with Gasteiger partial charge in [-0.25, -0.2) is 0 Å². The van der Waals surface area contributed by atoms with Crippen LogP contribution in [0, 0.1) is 5.92 Å². The minimum atomic E-state index is 0.268. The zero-order chi connectivity index (χ0) is 13.4. The van der Waals surface area contributed by atoms with Gasteiger partial charge >= 0.3 is 0 Å². The summed E-state index contributed by atoms with van der Waals surface area (Å²) in [7, 11) is 0. The van der Waals surface area contributed by atoms with Gasteiger partial charge in [0.25, 0.3) is 0 Å². The van der Waals surface area contributed by atoms with E-state index in [1.807, 2.05) is 0 Å². The van der Waals surface area contributed by atoms with Gasteiger partial charge in [-0.05, 0) is 45.6 Å². The van der Waals surface area contributed by atoms with Crippen molar-refractivity contribution < 1.29 is 5.11 Å². The average molecular weight is 264 g/mol. The molecule has 1 saturated heterocycles. The molecular formula is C14H24N4O. The third-order valence-corrected chi connectivity index (χ3v) is 4.60. The van der Waals surface area contributed by atoms with E-state index in [1.165, 1.54) is 19.4 Å². The van der Waals surface area contributed by atoms with Crippen molar-refractivity contribution in [1.29, 1.82) is 0 Å². The van der Waals surface area contributed by atoms with E-state index in [4.69, 9.17) is 0 Å². The minimum Gasteiger partial charge on any atom is -0.396 e. The molecule has 0 bridgehead atoms. The van der Waals surface area contributed by atoms with Crippen LogP contribution in [-0.4, -0.2) is 44.0 Å². The van der Waals surface area contributed by atoms with Crippen LogP contribution in [0.5, 0.6) is 0 Å². The highest BCUT2D eigenvalue weighted by molar-refractivity contribution is 5.07. The minimum absolute atomic E-state index is 0.268. The molecule has 0 amide bonds. The molecule has 2 unspecified atom stereocenters. The Morgan fingerprint density at radius 1 is 1.26 bits per heavy atom. The number of hydrogen-bond donors (Lipinski definition) is 1. The van der Waals surface area contributed by atoms with Gasteiger partial charge in [0, 0.05) is 25.6 Å². The number of aromatic nitrogens is 3. The van der Waals surface area contributed by atoms with Crippen molar-refractivity contribution in [3.05, 3.63) is 11.6 Å². The summed E-state index contributed by atoms with van der Waals surface area (Å²) in [5, 5.41) is 18.1. The number of hydrogen-bond acceptors (Lipinski definition) is 4. The smallest absolute Gasteiger partial charge is 0.150 e. The quantitative estimate of drug-likeness (QED) is 0.896. The fourth-order valence-corrected chi connectivity index (χ4v) is 3.50. The summed E-state index contributed by atoms with van der Waals surface area (Å²) in [6, 6.07) is 1.00. The predicted molar refractivity (Wildman–Crippen MR) is 72.7 cm³/mol. The maximum atomic E-state index is 9.28. The first kappa shape index (κ1) is 13.1. The van der Waals surface area contributed by atoms with E-state index in [1.54, 1.807) is 0 Å². The lowest BCUT2D eigenvalue weighted by Gasteiger charge is -2.29. The zero-order valence-corrected chi connectivity index (χ0v) is 11.9. The molecule has 2 aliphatic rings. The molecular weight excluding hydrogens is 240 g/mol. The molecule has 0 aliphatic carbocycles. The van der Waals surface area contributed by atoms with Crippen molar-refractivity contribution in [3.63, 3.8) is 0 Å². The van der Waals surface area contributed by atoms with Crippen molar-refractivity contribution in [2.24, 2.45) is 5.92 Å². The van der Waals surface area contributed by atoms with Gasteiger partial charge < -0.3 is 9.67 Å². The molecule has 0 saturated carbocycles. The first-order valence-corrected chi connectivity index (χ1v) is 7.49. The summed E-state index contributed by atoms with van der Waals surface area (Å²) in [6.07, 6.45) is 4.37. The Kier molecular flexibility index (Phi) is 3.58. The van der Waals surface area contributed by atoms with Gasteiger partial charge in [0.15, 0.2) is 0 Å². The molecule has 3 rings (SSSR count). The number of nitrogens with zero attached hydrogens (tertiary/aromatic N) is 4. The van der Waals surface area contributed by atoms with Crippen LogP contribution in [0.25, 0.3) is 0 Å². The molecule has 1 aromatic heterocycles. The van der Waals surface area contributed by atoms with Gasteiger partial charge in [0.05, 0.1) is 6.04 Å². The van der Waals surface area contributed by atoms with E-state index < -0.39 is 0 Å². The van der Waals surface area contributed by atoms with Crippen molar-refractivity contribution >= 4 is 0 Å². The Morgan fingerprint density at radius 3 is 2.84 bits per heavy atom. The normalized spacial score (nSPS) is 28.0. The maximum absolute atomic E-state index is 9.28. The fraction of sp³-hybridized carbons (Fsp3) is 0.857. The molecule has 2 aliphatic heterocycles. The van der Waals surface area contributed by atoms with E-state index in [0.717, 1.165) is 31.0 Å². The highest BCUT2D eigenvalue weighted by atomic mass is 16.3. The van der Waals surface area contributed by atoms with Crippen LogP contribution in [-0.2, 0) is 13.0 Å². The molecule has 0 radical (unpaired) electrons. The SMILES string of the molecule is CC(C)N1CCCC1c1nnc2n1CCC(CO)C2. The Bertz CT molecular complexity index is 443. The Morgan fingerprint density at radius 2 is 2.11 bits per heavy atom. The standard InChI is InChI=1S/C14H24N4O/c1-10(2)17-6-3-4-12(17)14-16-15-13-8-11(9-19)5-7-18(13)14/h10-12,19H,3-9H2,1-2H3. The highest BCUT2D eigenvalue weighted by Gasteiger charge is 2.33. The fourth-order valence-electron chi connectivity index (χ4n) is 3.50. The molecule has 5 heteroatoms. The monoisotopic (exact) mass is 264 g/mol.